The van der Waals surface area contributed by atoms with Crippen LogP contribution < -0.4 is 0 Å². The van der Waals surface area contributed by atoms with Gasteiger partial charge in [0.05, 0.1) is 5.71 Å². The van der Waals surface area contributed by atoms with E-state index in [1.54, 1.807) is 0 Å². The molecule has 2 rings (SSSR count). The van der Waals surface area contributed by atoms with Crippen molar-refractivity contribution < 1.29 is 4.79 Å². The number of aldehydes is 1. The third kappa shape index (κ3) is 1.79. The minimum Gasteiger partial charge on any atom is -0.301 e. The highest BCUT2D eigenvalue weighted by Crippen LogP contribution is 2.10. The highest BCUT2D eigenvalue weighted by atomic mass is 16.1. The van der Waals surface area contributed by atoms with Gasteiger partial charge in [-0.1, -0.05) is 36.4 Å². The molecule has 0 saturated carbocycles. The highest BCUT2D eigenvalue weighted by Gasteiger charge is 2.09. The molecule has 1 aromatic carbocycles. The molecular formula is C12H11NO. The largest absolute Gasteiger partial charge is 0.301 e. The third-order valence-electron chi connectivity index (χ3n) is 2.18. The van der Waals surface area contributed by atoms with Crippen LogP contribution in [-0.4, -0.2) is 18.0 Å². The van der Waals surface area contributed by atoms with Gasteiger partial charge >= 0.3 is 0 Å². The van der Waals surface area contributed by atoms with E-state index in [2.05, 4.69) is 4.99 Å². The molecule has 1 atom stereocenters. The van der Waals surface area contributed by atoms with Gasteiger partial charge in [0, 0.05) is 0 Å². The summed E-state index contributed by atoms with van der Waals surface area (Å²) in [5.41, 5.74) is 1.96. The van der Waals surface area contributed by atoms with Crippen molar-refractivity contribution in [3.8, 4) is 0 Å². The van der Waals surface area contributed by atoms with Crippen LogP contribution in [0.4, 0.5) is 0 Å². The van der Waals surface area contributed by atoms with Crippen molar-refractivity contribution in [1.82, 2.24) is 0 Å². The number of carbonyl (C=O) groups excluding carboxylic acids is 1. The van der Waals surface area contributed by atoms with Crippen molar-refractivity contribution in [2.75, 3.05) is 0 Å². The fourth-order valence-electron chi connectivity index (χ4n) is 1.46. The lowest BCUT2D eigenvalue weighted by molar-refractivity contribution is -0.108. The first-order chi connectivity index (χ1) is 6.90. The second kappa shape index (κ2) is 4.01. The van der Waals surface area contributed by atoms with Crippen molar-refractivity contribution in [3.05, 3.63) is 48.0 Å². The van der Waals surface area contributed by atoms with Crippen LogP contribution in [0.15, 0.2) is 47.5 Å². The molecule has 0 N–H and O–H groups in total. The lowest BCUT2D eigenvalue weighted by atomic mass is 10.1. The van der Waals surface area contributed by atoms with Gasteiger partial charge < -0.3 is 4.79 Å². The number of allylic oxidation sites excluding steroid dienone is 1. The summed E-state index contributed by atoms with van der Waals surface area (Å²) in [5, 5.41) is 0. The van der Waals surface area contributed by atoms with Gasteiger partial charge in [-0.15, -0.1) is 0 Å². The maximum Gasteiger partial charge on any atom is 0.144 e. The number of rotatable bonds is 2. The normalized spacial score (nSPS) is 20.3. The number of aliphatic imine (C=N–C) groups is 1. The predicted octanol–water partition coefficient (Wildman–Crippen LogP) is 2.00. The second-order valence-electron chi connectivity index (χ2n) is 3.22. The maximum absolute atomic E-state index is 10.6. The average Bonchev–Trinajstić information content (AvgIpc) is 2.30. The standard InChI is InChI=1S/C12H11NO/c14-9-11-7-4-8-12(13-11)10-5-2-1-3-6-10/h1-6,8-9,11H,7H2. The molecular weight excluding hydrogens is 174 g/mol. The zero-order valence-corrected chi connectivity index (χ0v) is 7.76. The minimum absolute atomic E-state index is 0.199. The number of benzene rings is 1. The first kappa shape index (κ1) is 8.88. The fourth-order valence-corrected chi connectivity index (χ4v) is 1.46. The number of dihydropyridines is 1. The van der Waals surface area contributed by atoms with Gasteiger partial charge in [-0.2, -0.15) is 0 Å². The van der Waals surface area contributed by atoms with Crippen molar-refractivity contribution >= 4 is 12.0 Å². The van der Waals surface area contributed by atoms with Crippen molar-refractivity contribution in [2.24, 2.45) is 4.99 Å². The molecule has 0 amide bonds. The second-order valence-corrected chi connectivity index (χ2v) is 3.22. The summed E-state index contributed by atoms with van der Waals surface area (Å²) in [4.78, 5) is 14.9. The van der Waals surface area contributed by atoms with E-state index < -0.39 is 0 Å². The van der Waals surface area contributed by atoms with Gasteiger partial charge in [-0.05, 0) is 18.1 Å². The Balaban J connectivity index is 2.31. The maximum atomic E-state index is 10.6. The Morgan fingerprint density at radius 2 is 2.07 bits per heavy atom. The summed E-state index contributed by atoms with van der Waals surface area (Å²) in [7, 11) is 0. The van der Waals surface area contributed by atoms with E-state index in [-0.39, 0.29) is 6.04 Å². The van der Waals surface area contributed by atoms with E-state index in [0.29, 0.717) is 0 Å². The Bertz CT molecular complexity index is 379. The average molecular weight is 185 g/mol. The van der Waals surface area contributed by atoms with Gasteiger partial charge in [-0.3, -0.25) is 4.99 Å². The molecule has 0 saturated heterocycles. The van der Waals surface area contributed by atoms with Gasteiger partial charge in [0.2, 0.25) is 0 Å². The van der Waals surface area contributed by atoms with Gasteiger partial charge in [-0.25, -0.2) is 0 Å². The van der Waals surface area contributed by atoms with Gasteiger partial charge in [0.25, 0.3) is 0 Å². The van der Waals surface area contributed by atoms with E-state index in [9.17, 15) is 4.79 Å². The molecule has 0 bridgehead atoms. The van der Waals surface area contributed by atoms with Crippen LogP contribution in [0.1, 0.15) is 12.0 Å². The lowest BCUT2D eigenvalue weighted by Crippen LogP contribution is -2.13. The van der Waals surface area contributed by atoms with Crippen LogP contribution in [-0.2, 0) is 4.79 Å². The van der Waals surface area contributed by atoms with Crippen molar-refractivity contribution in [2.45, 2.75) is 12.5 Å². The zero-order valence-electron chi connectivity index (χ0n) is 7.76. The molecule has 0 aromatic heterocycles. The van der Waals surface area contributed by atoms with Crippen molar-refractivity contribution in [3.63, 3.8) is 0 Å². The number of carbonyl (C=O) groups is 1. The smallest absolute Gasteiger partial charge is 0.144 e. The van der Waals surface area contributed by atoms with E-state index >= 15 is 0 Å². The predicted molar refractivity (Wildman–Crippen MR) is 56.6 cm³/mol. The molecule has 2 heteroatoms. The van der Waals surface area contributed by atoms with Crippen molar-refractivity contribution in [1.29, 1.82) is 0 Å². The fraction of sp³-hybridized carbons (Fsp3) is 0.167. The first-order valence-electron chi connectivity index (χ1n) is 4.65. The minimum atomic E-state index is -0.199. The SMILES string of the molecule is O=CC1CC=CC(c2ccccc2)=N1. The Morgan fingerprint density at radius 1 is 1.29 bits per heavy atom. The molecule has 0 aliphatic carbocycles. The molecule has 0 fully saturated rings. The summed E-state index contributed by atoms with van der Waals surface area (Å²) < 4.78 is 0. The Morgan fingerprint density at radius 3 is 2.79 bits per heavy atom. The quantitative estimate of drug-likeness (QED) is 0.648. The molecule has 2 nitrogen and oxygen atoms in total. The number of hydrogen-bond acceptors (Lipinski definition) is 2. The van der Waals surface area contributed by atoms with Crippen LogP contribution in [0.2, 0.25) is 0 Å². The van der Waals surface area contributed by atoms with E-state index in [1.807, 2.05) is 42.5 Å². The molecule has 14 heavy (non-hydrogen) atoms. The summed E-state index contributed by atoms with van der Waals surface area (Å²) in [6, 6.07) is 9.70. The molecule has 0 spiro atoms. The van der Waals surface area contributed by atoms with Crippen LogP contribution >= 0.6 is 0 Å². The highest BCUT2D eigenvalue weighted by molar-refractivity contribution is 6.09. The zero-order chi connectivity index (χ0) is 9.80. The molecule has 1 aromatic rings. The van der Waals surface area contributed by atoms with Crippen LogP contribution in [0.3, 0.4) is 0 Å². The van der Waals surface area contributed by atoms with E-state index in [0.717, 1.165) is 24.0 Å². The Kier molecular flexibility index (Phi) is 2.54. The third-order valence-corrected chi connectivity index (χ3v) is 2.18. The Labute approximate surface area is 83.0 Å². The molecule has 0 radical (unpaired) electrons. The number of hydrogen-bond donors (Lipinski definition) is 0. The van der Waals surface area contributed by atoms with Crippen LogP contribution in [0, 0.1) is 0 Å². The summed E-state index contributed by atoms with van der Waals surface area (Å²) in [6.07, 6.45) is 5.58. The van der Waals surface area contributed by atoms with Crippen LogP contribution in [0.25, 0.3) is 0 Å². The van der Waals surface area contributed by atoms with Gasteiger partial charge in [0.15, 0.2) is 0 Å². The summed E-state index contributed by atoms with van der Waals surface area (Å²) >= 11 is 0. The first-order valence-corrected chi connectivity index (χ1v) is 4.65. The molecule has 1 aliphatic heterocycles. The molecule has 1 unspecified atom stereocenters. The topological polar surface area (TPSA) is 29.4 Å². The number of nitrogens with zero attached hydrogens (tertiary/aromatic N) is 1. The lowest BCUT2D eigenvalue weighted by Gasteiger charge is -2.10. The molecule has 1 aliphatic rings. The molecule has 70 valence electrons. The molecule has 1 heterocycles. The Hall–Kier alpha value is -1.70. The summed E-state index contributed by atoms with van der Waals surface area (Å²) in [5.74, 6) is 0. The summed E-state index contributed by atoms with van der Waals surface area (Å²) in [6.45, 7) is 0. The van der Waals surface area contributed by atoms with Crippen LogP contribution in [0.5, 0.6) is 0 Å². The van der Waals surface area contributed by atoms with E-state index in [4.69, 9.17) is 0 Å². The monoisotopic (exact) mass is 185 g/mol. The van der Waals surface area contributed by atoms with E-state index in [1.165, 1.54) is 0 Å². The van der Waals surface area contributed by atoms with Gasteiger partial charge in [0.1, 0.15) is 12.3 Å².